The Morgan fingerprint density at radius 2 is 1.90 bits per heavy atom. The monoisotopic (exact) mass is 278 g/mol. The normalized spacial score (nSPS) is 15.4. The zero-order chi connectivity index (χ0) is 14.2. The van der Waals surface area contributed by atoms with Crippen LogP contribution in [0.15, 0.2) is 18.2 Å². The second kappa shape index (κ2) is 8.12. The van der Waals surface area contributed by atoms with Crippen molar-refractivity contribution in [2.24, 2.45) is 0 Å². The van der Waals surface area contributed by atoms with Crippen LogP contribution in [0.3, 0.4) is 0 Å². The minimum absolute atomic E-state index is 0.760. The number of nitrogens with zero attached hydrogens (tertiary/aromatic N) is 1. The van der Waals surface area contributed by atoms with Crippen LogP contribution in [0.2, 0.25) is 0 Å². The third-order valence-electron chi connectivity index (χ3n) is 3.64. The van der Waals surface area contributed by atoms with Crippen molar-refractivity contribution in [3.8, 4) is 5.75 Å². The molecule has 1 saturated heterocycles. The Labute approximate surface area is 122 Å². The van der Waals surface area contributed by atoms with Crippen molar-refractivity contribution in [2.45, 2.75) is 19.8 Å². The van der Waals surface area contributed by atoms with Gasteiger partial charge in [-0.1, -0.05) is 0 Å². The van der Waals surface area contributed by atoms with Crippen LogP contribution in [-0.4, -0.2) is 46.5 Å². The predicted molar refractivity (Wildman–Crippen MR) is 82.9 cm³/mol. The summed E-state index contributed by atoms with van der Waals surface area (Å²) in [6, 6.07) is 6.42. The van der Waals surface area contributed by atoms with E-state index in [4.69, 9.17) is 9.47 Å². The van der Waals surface area contributed by atoms with Crippen molar-refractivity contribution in [2.75, 3.05) is 51.4 Å². The fourth-order valence-corrected chi connectivity index (χ4v) is 2.52. The molecule has 1 aliphatic rings. The van der Waals surface area contributed by atoms with Gasteiger partial charge in [0.15, 0.2) is 0 Å². The van der Waals surface area contributed by atoms with Crippen molar-refractivity contribution in [3.05, 3.63) is 23.8 Å². The fourth-order valence-electron chi connectivity index (χ4n) is 2.52. The Balaban J connectivity index is 1.85. The lowest BCUT2D eigenvalue weighted by molar-refractivity contribution is 0.184. The van der Waals surface area contributed by atoms with Gasteiger partial charge >= 0.3 is 0 Å². The van der Waals surface area contributed by atoms with Crippen LogP contribution in [0.25, 0.3) is 0 Å². The van der Waals surface area contributed by atoms with E-state index >= 15 is 0 Å². The van der Waals surface area contributed by atoms with Gasteiger partial charge in [0.05, 0.1) is 6.61 Å². The Bertz CT molecular complexity index is 403. The highest BCUT2D eigenvalue weighted by Crippen LogP contribution is 2.25. The largest absolute Gasteiger partial charge is 0.494 e. The van der Waals surface area contributed by atoms with E-state index in [2.05, 4.69) is 35.3 Å². The Morgan fingerprint density at radius 3 is 2.60 bits per heavy atom. The summed E-state index contributed by atoms with van der Waals surface area (Å²) in [5.74, 6) is 0.971. The first-order valence-electron chi connectivity index (χ1n) is 7.49. The van der Waals surface area contributed by atoms with Gasteiger partial charge in [-0.05, 0) is 43.5 Å². The van der Waals surface area contributed by atoms with Crippen molar-refractivity contribution < 1.29 is 9.47 Å². The maximum atomic E-state index is 5.79. The van der Waals surface area contributed by atoms with Crippen LogP contribution >= 0.6 is 0 Å². The summed E-state index contributed by atoms with van der Waals surface area (Å²) in [6.07, 6.45) is 2.08. The number of piperazine rings is 1. The highest BCUT2D eigenvalue weighted by Gasteiger charge is 2.12. The molecule has 112 valence electrons. The molecule has 0 aliphatic carbocycles. The first-order valence-corrected chi connectivity index (χ1v) is 7.49. The van der Waals surface area contributed by atoms with Crippen LogP contribution < -0.4 is 15.0 Å². The Kier molecular flexibility index (Phi) is 6.15. The van der Waals surface area contributed by atoms with E-state index in [1.165, 1.54) is 11.3 Å². The number of nitrogens with one attached hydrogen (secondary N) is 1. The molecule has 0 spiro atoms. The number of hydrogen-bond acceptors (Lipinski definition) is 4. The molecule has 1 heterocycles. The van der Waals surface area contributed by atoms with Gasteiger partial charge in [-0.15, -0.1) is 0 Å². The van der Waals surface area contributed by atoms with Crippen molar-refractivity contribution >= 4 is 5.69 Å². The summed E-state index contributed by atoms with van der Waals surface area (Å²) < 4.78 is 10.8. The molecule has 4 nitrogen and oxygen atoms in total. The van der Waals surface area contributed by atoms with E-state index in [1.807, 2.05) is 0 Å². The second-order valence-corrected chi connectivity index (χ2v) is 5.23. The van der Waals surface area contributed by atoms with Crippen LogP contribution in [0.1, 0.15) is 18.4 Å². The molecule has 1 aromatic carbocycles. The third kappa shape index (κ3) is 4.39. The topological polar surface area (TPSA) is 33.7 Å². The molecule has 0 amide bonds. The van der Waals surface area contributed by atoms with Crippen molar-refractivity contribution in [3.63, 3.8) is 0 Å². The first-order chi connectivity index (χ1) is 9.81. The second-order valence-electron chi connectivity index (χ2n) is 5.23. The molecule has 1 N–H and O–H groups in total. The summed E-state index contributed by atoms with van der Waals surface area (Å²) in [7, 11) is 1.74. The van der Waals surface area contributed by atoms with E-state index in [-0.39, 0.29) is 0 Å². The Morgan fingerprint density at radius 1 is 1.15 bits per heavy atom. The SMILES string of the molecule is COCCCCOc1ccc(N2CCNCC2)c(C)c1. The average molecular weight is 278 g/mol. The standard InChI is InChI=1S/C16H26N2O2/c1-14-13-15(20-12-4-3-11-19-2)5-6-16(14)18-9-7-17-8-10-18/h5-6,13,17H,3-4,7-12H2,1-2H3. The van der Waals surface area contributed by atoms with E-state index in [0.717, 1.165) is 58.0 Å². The number of benzene rings is 1. The fraction of sp³-hybridized carbons (Fsp3) is 0.625. The lowest BCUT2D eigenvalue weighted by atomic mass is 10.1. The number of aryl methyl sites for hydroxylation is 1. The number of unbranched alkanes of at least 4 members (excludes halogenated alkanes) is 1. The van der Waals surface area contributed by atoms with Gasteiger partial charge in [0.1, 0.15) is 5.75 Å². The molecule has 0 saturated carbocycles. The number of methoxy groups -OCH3 is 1. The maximum absolute atomic E-state index is 5.79. The lowest BCUT2D eigenvalue weighted by Crippen LogP contribution is -2.43. The molecule has 0 aromatic heterocycles. The van der Waals surface area contributed by atoms with E-state index < -0.39 is 0 Å². The molecule has 1 aromatic rings. The van der Waals surface area contributed by atoms with E-state index in [1.54, 1.807) is 7.11 Å². The molecular weight excluding hydrogens is 252 g/mol. The van der Waals surface area contributed by atoms with Crippen LogP contribution in [0, 0.1) is 6.92 Å². The molecule has 20 heavy (non-hydrogen) atoms. The van der Waals surface area contributed by atoms with Crippen LogP contribution in [-0.2, 0) is 4.74 Å². The summed E-state index contributed by atoms with van der Waals surface area (Å²) in [5, 5.41) is 3.38. The number of hydrogen-bond donors (Lipinski definition) is 1. The highest BCUT2D eigenvalue weighted by atomic mass is 16.5. The summed E-state index contributed by atoms with van der Waals surface area (Å²) in [5.41, 5.74) is 2.62. The minimum Gasteiger partial charge on any atom is -0.494 e. The Hall–Kier alpha value is -1.26. The summed E-state index contributed by atoms with van der Waals surface area (Å²) >= 11 is 0. The first kappa shape index (κ1) is 15.1. The number of anilines is 1. The maximum Gasteiger partial charge on any atom is 0.119 e. The predicted octanol–water partition coefficient (Wildman–Crippen LogP) is 2.21. The smallest absolute Gasteiger partial charge is 0.119 e. The minimum atomic E-state index is 0.760. The quantitative estimate of drug-likeness (QED) is 0.775. The third-order valence-corrected chi connectivity index (χ3v) is 3.64. The van der Waals surface area contributed by atoms with Crippen molar-refractivity contribution in [1.82, 2.24) is 5.32 Å². The lowest BCUT2D eigenvalue weighted by Gasteiger charge is -2.30. The molecule has 1 aliphatic heterocycles. The van der Waals surface area contributed by atoms with Crippen LogP contribution in [0.4, 0.5) is 5.69 Å². The number of rotatable bonds is 7. The van der Waals surface area contributed by atoms with Gasteiger partial charge in [-0.25, -0.2) is 0 Å². The van der Waals surface area contributed by atoms with Crippen molar-refractivity contribution in [1.29, 1.82) is 0 Å². The molecule has 2 rings (SSSR count). The molecule has 0 atom stereocenters. The zero-order valence-electron chi connectivity index (χ0n) is 12.7. The highest BCUT2D eigenvalue weighted by molar-refractivity contribution is 5.56. The summed E-state index contributed by atoms with van der Waals surface area (Å²) in [4.78, 5) is 2.44. The van der Waals surface area contributed by atoms with Gasteiger partial charge in [0.2, 0.25) is 0 Å². The molecule has 0 unspecified atom stereocenters. The van der Waals surface area contributed by atoms with Gasteiger partial charge in [-0.3, -0.25) is 0 Å². The van der Waals surface area contributed by atoms with Gasteiger partial charge in [-0.2, -0.15) is 0 Å². The van der Waals surface area contributed by atoms with E-state index in [0.29, 0.717) is 0 Å². The zero-order valence-corrected chi connectivity index (χ0v) is 12.7. The summed E-state index contributed by atoms with van der Waals surface area (Å²) in [6.45, 7) is 8.03. The van der Waals surface area contributed by atoms with Gasteiger partial charge < -0.3 is 19.7 Å². The van der Waals surface area contributed by atoms with Crippen LogP contribution in [0.5, 0.6) is 5.75 Å². The molecule has 0 bridgehead atoms. The average Bonchev–Trinajstić information content (AvgIpc) is 2.48. The van der Waals surface area contributed by atoms with E-state index in [9.17, 15) is 0 Å². The number of ether oxygens (including phenoxy) is 2. The molecule has 4 heteroatoms. The van der Waals surface area contributed by atoms with Gasteiger partial charge in [0, 0.05) is 45.6 Å². The molecule has 0 radical (unpaired) electrons. The molecule has 1 fully saturated rings. The molecular formula is C16H26N2O2. The van der Waals surface area contributed by atoms with Gasteiger partial charge in [0.25, 0.3) is 0 Å².